The standard InChI is InChI=1S/C31H37FN4O9/c1-4-19-13-31(19,28(39)40)33-26(37)24-12-21(43-29(41)35-14-18-8-7-11-23(32)22(18)16-35)15-36(24)27(38)25(17(2)3)34-45-30(42)44-20-9-5-6-10-20/h4-8,11,17,19-21,24-25,34H,1,9-10,12-16H2,2-3H3,(H,33,37)(H,39,40)/t19-,21-,24+,25?,31?/m1/s1. The summed E-state index contributed by atoms with van der Waals surface area (Å²) in [6, 6.07) is 2.27. The number of carboxylic acid groups (broad SMARTS) is 1. The predicted molar refractivity (Wildman–Crippen MR) is 154 cm³/mol. The van der Waals surface area contributed by atoms with Crippen LogP contribution < -0.4 is 10.8 Å². The molecule has 0 radical (unpaired) electrons. The molecule has 2 heterocycles. The first-order valence-corrected chi connectivity index (χ1v) is 14.9. The number of carbonyl (C=O) groups is 5. The quantitative estimate of drug-likeness (QED) is 0.199. The van der Waals surface area contributed by atoms with Gasteiger partial charge in [-0.15, -0.1) is 12.1 Å². The van der Waals surface area contributed by atoms with Gasteiger partial charge in [-0.3, -0.25) is 14.5 Å². The van der Waals surface area contributed by atoms with Crippen molar-refractivity contribution in [1.82, 2.24) is 20.6 Å². The van der Waals surface area contributed by atoms with E-state index < -0.39 is 71.4 Å². The van der Waals surface area contributed by atoms with E-state index in [0.29, 0.717) is 24.0 Å². The molecule has 5 rings (SSSR count). The topological polar surface area (TPSA) is 164 Å². The molecule has 0 spiro atoms. The van der Waals surface area contributed by atoms with E-state index in [-0.39, 0.29) is 38.6 Å². The number of aliphatic carboxylic acids is 1. The van der Waals surface area contributed by atoms with Gasteiger partial charge in [0, 0.05) is 37.3 Å². The lowest BCUT2D eigenvalue weighted by atomic mass is 10.0. The van der Waals surface area contributed by atoms with Gasteiger partial charge in [-0.05, 0) is 24.0 Å². The summed E-state index contributed by atoms with van der Waals surface area (Å²) in [5.74, 6) is -3.95. The number of carboxylic acids is 1. The summed E-state index contributed by atoms with van der Waals surface area (Å²) in [4.78, 5) is 72.4. The molecule has 14 heteroatoms. The average Bonchev–Trinajstić information content (AvgIpc) is 3.39. The number of hydrogen-bond donors (Lipinski definition) is 3. The van der Waals surface area contributed by atoms with Crippen LogP contribution in [0.25, 0.3) is 0 Å². The van der Waals surface area contributed by atoms with Crippen molar-refractivity contribution >= 4 is 30.0 Å². The molecule has 1 aromatic rings. The molecule has 45 heavy (non-hydrogen) atoms. The first kappa shape index (κ1) is 31.9. The Morgan fingerprint density at radius 3 is 2.47 bits per heavy atom. The molecule has 1 saturated heterocycles. The van der Waals surface area contributed by atoms with Crippen LogP contribution in [0.2, 0.25) is 0 Å². The summed E-state index contributed by atoms with van der Waals surface area (Å²) in [6.07, 6.45) is 3.28. The first-order valence-electron chi connectivity index (χ1n) is 14.9. The summed E-state index contributed by atoms with van der Waals surface area (Å²) in [6.45, 7) is 7.00. The predicted octanol–water partition coefficient (Wildman–Crippen LogP) is 2.79. The molecular formula is C31H37FN4O9. The zero-order valence-corrected chi connectivity index (χ0v) is 25.1. The number of nitrogens with zero attached hydrogens (tertiary/aromatic N) is 2. The highest BCUT2D eigenvalue weighted by atomic mass is 19.1. The molecule has 3 N–H and O–H groups in total. The van der Waals surface area contributed by atoms with E-state index in [9.17, 15) is 33.5 Å². The second-order valence-electron chi connectivity index (χ2n) is 12.2. The molecule has 0 bridgehead atoms. The highest BCUT2D eigenvalue weighted by Gasteiger charge is 2.61. The van der Waals surface area contributed by atoms with Crippen molar-refractivity contribution in [2.24, 2.45) is 11.8 Å². The van der Waals surface area contributed by atoms with E-state index >= 15 is 0 Å². The summed E-state index contributed by atoms with van der Waals surface area (Å²) < 4.78 is 25.2. The van der Waals surface area contributed by atoms with Gasteiger partial charge in [0.05, 0.1) is 13.1 Å². The van der Waals surface area contributed by atoms with Crippen LogP contribution in [0.15, 0.2) is 43.0 Å². The van der Waals surface area contributed by atoms with Gasteiger partial charge in [0.15, 0.2) is 0 Å². The molecule has 13 nitrogen and oxygen atoms in total. The van der Waals surface area contributed by atoms with E-state index in [2.05, 4.69) is 17.4 Å². The molecule has 2 aliphatic carbocycles. The third-order valence-corrected chi connectivity index (χ3v) is 8.76. The molecule has 2 fully saturated rings. The van der Waals surface area contributed by atoms with Gasteiger partial charge < -0.3 is 29.6 Å². The van der Waals surface area contributed by atoms with E-state index in [0.717, 1.165) is 0 Å². The monoisotopic (exact) mass is 628 g/mol. The number of benzene rings is 1. The van der Waals surface area contributed by atoms with Crippen LogP contribution in [0.3, 0.4) is 0 Å². The molecule has 1 saturated carbocycles. The van der Waals surface area contributed by atoms with Gasteiger partial charge in [-0.2, -0.15) is 0 Å². The Kier molecular flexibility index (Phi) is 9.14. The third-order valence-electron chi connectivity index (χ3n) is 8.76. The van der Waals surface area contributed by atoms with Gasteiger partial charge in [-0.25, -0.2) is 18.8 Å². The molecule has 4 aliphatic rings. The fourth-order valence-electron chi connectivity index (χ4n) is 6.03. The third kappa shape index (κ3) is 6.65. The molecule has 2 unspecified atom stereocenters. The highest BCUT2D eigenvalue weighted by molar-refractivity contribution is 5.95. The van der Waals surface area contributed by atoms with Crippen molar-refractivity contribution in [3.63, 3.8) is 0 Å². The Morgan fingerprint density at radius 1 is 1.11 bits per heavy atom. The molecule has 242 valence electrons. The van der Waals surface area contributed by atoms with Crippen molar-refractivity contribution in [2.75, 3.05) is 6.54 Å². The Bertz CT molecular complexity index is 1410. The van der Waals surface area contributed by atoms with Gasteiger partial charge >= 0.3 is 18.2 Å². The van der Waals surface area contributed by atoms with Crippen molar-refractivity contribution in [3.8, 4) is 0 Å². The maximum atomic E-state index is 14.3. The Balaban J connectivity index is 1.29. The normalized spacial score (nSPS) is 25.9. The Hall–Kier alpha value is -4.46. The van der Waals surface area contributed by atoms with Crippen molar-refractivity contribution in [2.45, 2.75) is 82.5 Å². The van der Waals surface area contributed by atoms with E-state index in [1.165, 1.54) is 21.9 Å². The number of likely N-dealkylation sites (tertiary alicyclic amines) is 1. The van der Waals surface area contributed by atoms with Crippen LogP contribution in [0.5, 0.6) is 0 Å². The number of hydrogen-bond acceptors (Lipinski definition) is 9. The van der Waals surface area contributed by atoms with Crippen LogP contribution in [0.1, 0.15) is 50.7 Å². The molecule has 3 amide bonds. The van der Waals surface area contributed by atoms with Crippen molar-refractivity contribution in [1.29, 1.82) is 0 Å². The van der Waals surface area contributed by atoms with Gasteiger partial charge in [0.2, 0.25) is 11.8 Å². The minimum absolute atomic E-state index is 0.00783. The fourth-order valence-corrected chi connectivity index (χ4v) is 6.03. The number of fused-ring (bicyclic) bond motifs is 1. The number of halogens is 1. The zero-order valence-electron chi connectivity index (χ0n) is 25.1. The van der Waals surface area contributed by atoms with Crippen molar-refractivity contribution < 1.29 is 47.8 Å². The molecule has 1 aromatic carbocycles. The summed E-state index contributed by atoms with van der Waals surface area (Å²) in [5.41, 5.74) is 1.96. The van der Waals surface area contributed by atoms with Gasteiger partial charge in [0.1, 0.15) is 35.6 Å². The number of nitrogens with one attached hydrogen (secondary N) is 2. The van der Waals surface area contributed by atoms with Crippen LogP contribution >= 0.6 is 0 Å². The number of hydroxylamine groups is 1. The SMILES string of the molecule is C=C[C@@H]1CC1(NC(=O)[C@@H]1C[C@@H](OC(=O)N2Cc3cccc(F)c3C2)CN1C(=O)C(NOC(=O)OC1CC=CC1)C(C)C)C(=O)O. The lowest BCUT2D eigenvalue weighted by molar-refractivity contribution is -0.147. The molecule has 5 atom stereocenters. The number of rotatable bonds is 10. The lowest BCUT2D eigenvalue weighted by Gasteiger charge is -2.30. The van der Waals surface area contributed by atoms with E-state index in [1.807, 2.05) is 12.2 Å². The zero-order chi connectivity index (χ0) is 32.5. The minimum atomic E-state index is -1.55. The second-order valence-corrected chi connectivity index (χ2v) is 12.2. The number of ether oxygens (including phenoxy) is 2. The van der Waals surface area contributed by atoms with Crippen LogP contribution in [-0.4, -0.2) is 81.3 Å². The highest BCUT2D eigenvalue weighted by Crippen LogP contribution is 2.45. The lowest BCUT2D eigenvalue weighted by Crippen LogP contribution is -2.57. The van der Waals surface area contributed by atoms with E-state index in [4.69, 9.17) is 14.3 Å². The molecular weight excluding hydrogens is 591 g/mol. The maximum Gasteiger partial charge on any atom is 0.528 e. The van der Waals surface area contributed by atoms with Crippen LogP contribution in [0.4, 0.5) is 14.0 Å². The summed E-state index contributed by atoms with van der Waals surface area (Å²) in [5, 5.41) is 12.4. The van der Waals surface area contributed by atoms with Crippen molar-refractivity contribution in [3.05, 3.63) is 60.0 Å². The first-order chi connectivity index (χ1) is 21.4. The largest absolute Gasteiger partial charge is 0.528 e. The second kappa shape index (κ2) is 12.9. The minimum Gasteiger partial charge on any atom is -0.479 e. The van der Waals surface area contributed by atoms with Crippen LogP contribution in [0, 0.1) is 17.7 Å². The van der Waals surface area contributed by atoms with E-state index in [1.54, 1.807) is 26.0 Å². The number of amides is 3. The fraction of sp³-hybridized carbons (Fsp3) is 0.516. The Morgan fingerprint density at radius 2 is 1.84 bits per heavy atom. The van der Waals surface area contributed by atoms with Gasteiger partial charge in [0.25, 0.3) is 0 Å². The average molecular weight is 629 g/mol. The smallest absolute Gasteiger partial charge is 0.479 e. The number of carbonyl (C=O) groups excluding carboxylic acids is 4. The Labute approximate surface area is 259 Å². The summed E-state index contributed by atoms with van der Waals surface area (Å²) >= 11 is 0. The molecule has 2 aliphatic heterocycles. The maximum absolute atomic E-state index is 14.3. The summed E-state index contributed by atoms with van der Waals surface area (Å²) in [7, 11) is 0. The van der Waals surface area contributed by atoms with Crippen LogP contribution in [-0.2, 0) is 41.8 Å². The van der Waals surface area contributed by atoms with Gasteiger partial charge in [-0.1, -0.05) is 44.2 Å². The molecule has 0 aromatic heterocycles.